The monoisotopic (exact) mass is 298 g/mol. The van der Waals surface area contributed by atoms with Gasteiger partial charge in [-0.3, -0.25) is 4.68 Å². The number of hydrogen-bond donors (Lipinski definition) is 1. The fourth-order valence-corrected chi connectivity index (χ4v) is 2.11. The smallest absolute Gasteiger partial charge is 0.335 e. The van der Waals surface area contributed by atoms with E-state index >= 15 is 0 Å². The molecule has 0 atom stereocenters. The molecular formula is C14H13F3N2O2. The van der Waals surface area contributed by atoms with Crippen LogP contribution in [-0.4, -0.2) is 20.9 Å². The van der Waals surface area contributed by atoms with Crippen molar-refractivity contribution in [3.63, 3.8) is 0 Å². The summed E-state index contributed by atoms with van der Waals surface area (Å²) in [5, 5.41) is 12.8. The van der Waals surface area contributed by atoms with E-state index in [4.69, 9.17) is 5.11 Å². The number of carbonyl (C=O) groups is 1. The van der Waals surface area contributed by atoms with Gasteiger partial charge in [0.25, 0.3) is 6.43 Å². The molecule has 0 saturated carbocycles. The van der Waals surface area contributed by atoms with E-state index in [0.29, 0.717) is 13.0 Å². The van der Waals surface area contributed by atoms with Crippen molar-refractivity contribution in [2.45, 2.75) is 26.3 Å². The van der Waals surface area contributed by atoms with Gasteiger partial charge in [0, 0.05) is 12.1 Å². The van der Waals surface area contributed by atoms with E-state index in [1.807, 2.05) is 6.92 Å². The van der Waals surface area contributed by atoms with Crippen LogP contribution in [0.5, 0.6) is 0 Å². The van der Waals surface area contributed by atoms with Gasteiger partial charge in [-0.05, 0) is 24.6 Å². The first-order valence-electron chi connectivity index (χ1n) is 6.32. The molecule has 21 heavy (non-hydrogen) atoms. The Morgan fingerprint density at radius 2 is 2.10 bits per heavy atom. The summed E-state index contributed by atoms with van der Waals surface area (Å²) in [4.78, 5) is 11.0. The summed E-state index contributed by atoms with van der Waals surface area (Å²) in [6.45, 7) is 2.22. The molecule has 0 bridgehead atoms. The van der Waals surface area contributed by atoms with Crippen molar-refractivity contribution in [3.05, 3.63) is 41.3 Å². The number of halogens is 3. The van der Waals surface area contributed by atoms with Gasteiger partial charge in [0.05, 0.1) is 23.0 Å². The number of carboxylic acid groups (broad SMARTS) is 1. The Morgan fingerprint density at radius 3 is 2.67 bits per heavy atom. The van der Waals surface area contributed by atoms with E-state index in [2.05, 4.69) is 5.10 Å². The molecule has 2 aromatic rings. The van der Waals surface area contributed by atoms with Crippen LogP contribution in [0.4, 0.5) is 13.2 Å². The number of alkyl halides is 2. The summed E-state index contributed by atoms with van der Waals surface area (Å²) in [6.07, 6.45) is -1.10. The second-order valence-corrected chi connectivity index (χ2v) is 4.51. The Labute approximate surface area is 118 Å². The average Bonchev–Trinajstić information content (AvgIpc) is 2.82. The third-order valence-corrected chi connectivity index (χ3v) is 2.96. The predicted molar refractivity (Wildman–Crippen MR) is 69.8 cm³/mol. The third-order valence-electron chi connectivity index (χ3n) is 2.96. The molecule has 1 aromatic carbocycles. The number of aromatic carboxylic acids is 1. The SMILES string of the molecule is CCCn1ncc(C(F)F)c1-c1cc(F)cc(C(=O)O)c1. The predicted octanol–water partition coefficient (Wildman–Crippen LogP) is 3.74. The summed E-state index contributed by atoms with van der Waals surface area (Å²) < 4.78 is 41.0. The van der Waals surface area contributed by atoms with Crippen LogP contribution >= 0.6 is 0 Å². The number of hydrogen-bond acceptors (Lipinski definition) is 2. The lowest BCUT2D eigenvalue weighted by atomic mass is 10.0. The van der Waals surface area contributed by atoms with Gasteiger partial charge >= 0.3 is 5.97 Å². The molecule has 0 spiro atoms. The quantitative estimate of drug-likeness (QED) is 0.915. The summed E-state index contributed by atoms with van der Waals surface area (Å²) in [5.41, 5.74) is -0.512. The Morgan fingerprint density at radius 1 is 1.38 bits per heavy atom. The second kappa shape index (κ2) is 5.99. The normalized spacial score (nSPS) is 11.1. The number of rotatable bonds is 5. The summed E-state index contributed by atoms with van der Waals surface area (Å²) >= 11 is 0. The molecule has 0 unspecified atom stereocenters. The van der Waals surface area contributed by atoms with E-state index < -0.39 is 18.2 Å². The molecular weight excluding hydrogens is 285 g/mol. The lowest BCUT2D eigenvalue weighted by molar-refractivity contribution is 0.0696. The number of aromatic nitrogens is 2. The number of carboxylic acids is 1. The maximum Gasteiger partial charge on any atom is 0.335 e. The number of nitrogens with zero attached hydrogens (tertiary/aromatic N) is 2. The minimum absolute atomic E-state index is 0.0499. The Hall–Kier alpha value is -2.31. The second-order valence-electron chi connectivity index (χ2n) is 4.51. The van der Waals surface area contributed by atoms with Crippen LogP contribution in [-0.2, 0) is 6.54 Å². The zero-order valence-corrected chi connectivity index (χ0v) is 11.2. The Bertz CT molecular complexity index is 668. The van der Waals surface area contributed by atoms with E-state index in [-0.39, 0.29) is 22.4 Å². The van der Waals surface area contributed by atoms with Crippen LogP contribution in [0.15, 0.2) is 24.4 Å². The summed E-state index contributed by atoms with van der Waals surface area (Å²) in [5.74, 6) is -2.12. The van der Waals surface area contributed by atoms with Gasteiger partial charge in [0.2, 0.25) is 0 Å². The zero-order valence-electron chi connectivity index (χ0n) is 11.2. The minimum Gasteiger partial charge on any atom is -0.478 e. The fourth-order valence-electron chi connectivity index (χ4n) is 2.11. The van der Waals surface area contributed by atoms with E-state index in [1.165, 1.54) is 10.7 Å². The Balaban J connectivity index is 2.64. The average molecular weight is 298 g/mol. The van der Waals surface area contributed by atoms with Gasteiger partial charge in [-0.1, -0.05) is 6.92 Å². The summed E-state index contributed by atoms with van der Waals surface area (Å²) in [6, 6.07) is 3.04. The van der Waals surface area contributed by atoms with Crippen molar-refractivity contribution in [1.82, 2.24) is 9.78 Å². The van der Waals surface area contributed by atoms with Gasteiger partial charge in [-0.25, -0.2) is 18.0 Å². The van der Waals surface area contributed by atoms with E-state index in [9.17, 15) is 18.0 Å². The summed E-state index contributed by atoms with van der Waals surface area (Å²) in [7, 11) is 0. The largest absolute Gasteiger partial charge is 0.478 e. The maximum absolute atomic E-state index is 13.5. The highest BCUT2D eigenvalue weighted by Gasteiger charge is 2.21. The molecule has 0 radical (unpaired) electrons. The molecule has 4 nitrogen and oxygen atoms in total. The van der Waals surface area contributed by atoms with Crippen molar-refractivity contribution >= 4 is 5.97 Å². The molecule has 1 aromatic heterocycles. The van der Waals surface area contributed by atoms with Crippen molar-refractivity contribution in [1.29, 1.82) is 0 Å². The maximum atomic E-state index is 13.5. The zero-order chi connectivity index (χ0) is 15.6. The highest BCUT2D eigenvalue weighted by Crippen LogP contribution is 2.32. The van der Waals surface area contributed by atoms with Gasteiger partial charge < -0.3 is 5.11 Å². The minimum atomic E-state index is -2.78. The molecule has 0 fully saturated rings. The molecule has 2 rings (SSSR count). The molecule has 0 saturated heterocycles. The first-order valence-corrected chi connectivity index (χ1v) is 6.32. The first kappa shape index (κ1) is 15.1. The lowest BCUT2D eigenvalue weighted by Gasteiger charge is -2.10. The van der Waals surface area contributed by atoms with Crippen molar-refractivity contribution < 1.29 is 23.1 Å². The number of benzene rings is 1. The molecule has 0 aliphatic heterocycles. The molecule has 7 heteroatoms. The number of aryl methyl sites for hydroxylation is 1. The van der Waals surface area contributed by atoms with Crippen molar-refractivity contribution in [2.24, 2.45) is 0 Å². The van der Waals surface area contributed by atoms with Crippen LogP contribution in [0.3, 0.4) is 0 Å². The highest BCUT2D eigenvalue weighted by atomic mass is 19.3. The topological polar surface area (TPSA) is 55.1 Å². The molecule has 112 valence electrons. The standard InChI is InChI=1S/C14H13F3N2O2/c1-2-3-19-12(11(7-18-19)13(16)17)8-4-9(14(20)21)6-10(15)5-8/h4-7,13H,2-3H2,1H3,(H,20,21). The van der Waals surface area contributed by atoms with E-state index in [1.54, 1.807) is 0 Å². The lowest BCUT2D eigenvalue weighted by Crippen LogP contribution is -2.04. The van der Waals surface area contributed by atoms with Crippen molar-refractivity contribution in [3.8, 4) is 11.3 Å². The van der Waals surface area contributed by atoms with Crippen LogP contribution < -0.4 is 0 Å². The van der Waals surface area contributed by atoms with Gasteiger partial charge in [-0.15, -0.1) is 0 Å². The van der Waals surface area contributed by atoms with Gasteiger partial charge in [0.15, 0.2) is 0 Å². The van der Waals surface area contributed by atoms with Crippen LogP contribution in [0.25, 0.3) is 11.3 Å². The van der Waals surface area contributed by atoms with Crippen LogP contribution in [0, 0.1) is 5.82 Å². The van der Waals surface area contributed by atoms with Gasteiger partial charge in [-0.2, -0.15) is 5.10 Å². The van der Waals surface area contributed by atoms with Crippen molar-refractivity contribution in [2.75, 3.05) is 0 Å². The molecule has 0 amide bonds. The highest BCUT2D eigenvalue weighted by molar-refractivity contribution is 5.89. The fraction of sp³-hybridized carbons (Fsp3) is 0.286. The Kier molecular flexibility index (Phi) is 4.30. The third kappa shape index (κ3) is 3.07. The molecule has 1 heterocycles. The molecule has 0 aliphatic carbocycles. The molecule has 1 N–H and O–H groups in total. The van der Waals surface area contributed by atoms with Crippen LogP contribution in [0.2, 0.25) is 0 Å². The van der Waals surface area contributed by atoms with Crippen LogP contribution in [0.1, 0.15) is 35.7 Å². The van der Waals surface area contributed by atoms with E-state index in [0.717, 1.165) is 18.3 Å². The molecule has 0 aliphatic rings. The van der Waals surface area contributed by atoms with Gasteiger partial charge in [0.1, 0.15) is 5.82 Å². The first-order chi connectivity index (χ1) is 9.93.